The predicted octanol–water partition coefficient (Wildman–Crippen LogP) is 2.80. The SMILES string of the molecule is OCC(Cl)COc1cccc2c(OCC(Cl)CO)cccc12. The Morgan fingerprint density at radius 3 is 1.55 bits per heavy atom. The van der Waals surface area contributed by atoms with Crippen molar-refractivity contribution < 1.29 is 19.7 Å². The van der Waals surface area contributed by atoms with Gasteiger partial charge in [-0.1, -0.05) is 24.3 Å². The van der Waals surface area contributed by atoms with Crippen molar-refractivity contribution >= 4 is 34.0 Å². The number of alkyl halides is 2. The Balaban J connectivity index is 2.22. The largest absolute Gasteiger partial charge is 0.491 e. The highest BCUT2D eigenvalue weighted by atomic mass is 35.5. The number of hydrogen-bond donors (Lipinski definition) is 2. The quantitative estimate of drug-likeness (QED) is 0.723. The third-order valence-electron chi connectivity index (χ3n) is 3.08. The van der Waals surface area contributed by atoms with Crippen molar-refractivity contribution in [2.75, 3.05) is 26.4 Å². The molecule has 22 heavy (non-hydrogen) atoms. The first-order valence-corrected chi connectivity index (χ1v) is 7.80. The molecular formula is C16H18Cl2O4. The van der Waals surface area contributed by atoms with Gasteiger partial charge in [0.2, 0.25) is 0 Å². The van der Waals surface area contributed by atoms with Crippen LogP contribution in [-0.2, 0) is 0 Å². The highest BCUT2D eigenvalue weighted by molar-refractivity contribution is 6.21. The van der Waals surface area contributed by atoms with Crippen LogP contribution in [0.3, 0.4) is 0 Å². The van der Waals surface area contributed by atoms with E-state index < -0.39 is 10.8 Å². The van der Waals surface area contributed by atoms with Crippen LogP contribution < -0.4 is 9.47 Å². The molecule has 0 fully saturated rings. The van der Waals surface area contributed by atoms with Crippen LogP contribution in [0.2, 0.25) is 0 Å². The summed E-state index contributed by atoms with van der Waals surface area (Å²) in [6, 6.07) is 11.2. The summed E-state index contributed by atoms with van der Waals surface area (Å²) in [7, 11) is 0. The smallest absolute Gasteiger partial charge is 0.127 e. The van der Waals surface area contributed by atoms with E-state index in [0.29, 0.717) is 11.5 Å². The van der Waals surface area contributed by atoms with Gasteiger partial charge >= 0.3 is 0 Å². The number of fused-ring (bicyclic) bond motifs is 1. The predicted molar refractivity (Wildman–Crippen MR) is 88.4 cm³/mol. The Morgan fingerprint density at radius 2 is 1.18 bits per heavy atom. The van der Waals surface area contributed by atoms with Crippen molar-refractivity contribution in [2.45, 2.75) is 10.8 Å². The van der Waals surface area contributed by atoms with Gasteiger partial charge in [0.15, 0.2) is 0 Å². The van der Waals surface area contributed by atoms with E-state index in [1.807, 2.05) is 36.4 Å². The maximum atomic E-state index is 8.95. The molecule has 2 atom stereocenters. The molecule has 2 N–H and O–H groups in total. The minimum absolute atomic E-state index is 0.140. The number of aliphatic hydroxyl groups is 2. The van der Waals surface area contributed by atoms with E-state index in [9.17, 15) is 0 Å². The van der Waals surface area contributed by atoms with Crippen molar-refractivity contribution in [1.82, 2.24) is 0 Å². The average Bonchev–Trinajstić information content (AvgIpc) is 2.57. The third-order valence-corrected chi connectivity index (χ3v) is 3.61. The molecule has 0 amide bonds. The van der Waals surface area contributed by atoms with Crippen LogP contribution in [-0.4, -0.2) is 47.4 Å². The van der Waals surface area contributed by atoms with Gasteiger partial charge in [0, 0.05) is 10.8 Å². The molecule has 2 aromatic carbocycles. The minimum atomic E-state index is -0.448. The first-order chi connectivity index (χ1) is 10.7. The second kappa shape index (κ2) is 8.44. The van der Waals surface area contributed by atoms with E-state index >= 15 is 0 Å². The zero-order chi connectivity index (χ0) is 15.9. The zero-order valence-electron chi connectivity index (χ0n) is 11.9. The van der Waals surface area contributed by atoms with Crippen molar-refractivity contribution in [1.29, 1.82) is 0 Å². The Kier molecular flexibility index (Phi) is 6.58. The molecule has 0 radical (unpaired) electrons. The maximum absolute atomic E-state index is 8.95. The first kappa shape index (κ1) is 17.2. The average molecular weight is 345 g/mol. The van der Waals surface area contributed by atoms with E-state index in [0.717, 1.165) is 10.8 Å². The molecule has 120 valence electrons. The fourth-order valence-electron chi connectivity index (χ4n) is 1.97. The Labute approximate surface area is 139 Å². The summed E-state index contributed by atoms with van der Waals surface area (Å²) in [5.74, 6) is 1.35. The summed E-state index contributed by atoms with van der Waals surface area (Å²) in [5, 5.41) is 18.8. The van der Waals surface area contributed by atoms with Gasteiger partial charge in [0.25, 0.3) is 0 Å². The lowest BCUT2D eigenvalue weighted by Crippen LogP contribution is -2.16. The fourth-order valence-corrected chi connectivity index (χ4v) is 2.10. The van der Waals surface area contributed by atoms with Crippen LogP contribution in [0.1, 0.15) is 0 Å². The van der Waals surface area contributed by atoms with Crippen LogP contribution in [0.15, 0.2) is 36.4 Å². The second-order valence-electron chi connectivity index (χ2n) is 4.79. The van der Waals surface area contributed by atoms with E-state index in [1.165, 1.54) is 0 Å². The van der Waals surface area contributed by atoms with Crippen molar-refractivity contribution in [3.63, 3.8) is 0 Å². The number of aliphatic hydroxyl groups excluding tert-OH is 2. The molecule has 0 spiro atoms. The topological polar surface area (TPSA) is 58.9 Å². The van der Waals surface area contributed by atoms with Gasteiger partial charge in [-0.15, -0.1) is 23.2 Å². The Hall–Kier alpha value is -1.20. The maximum Gasteiger partial charge on any atom is 0.127 e. The van der Waals surface area contributed by atoms with Crippen LogP contribution in [0.4, 0.5) is 0 Å². The molecule has 0 aliphatic heterocycles. The third kappa shape index (κ3) is 4.40. The summed E-state index contributed by atoms with van der Waals surface area (Å²) in [4.78, 5) is 0. The van der Waals surface area contributed by atoms with E-state index in [2.05, 4.69) is 0 Å². The Morgan fingerprint density at radius 1 is 0.773 bits per heavy atom. The number of ether oxygens (including phenoxy) is 2. The molecule has 0 aliphatic rings. The molecular weight excluding hydrogens is 327 g/mol. The van der Waals surface area contributed by atoms with Gasteiger partial charge in [0.1, 0.15) is 24.7 Å². The standard InChI is InChI=1S/C16H18Cl2O4/c17-11(7-19)9-21-15-5-1-3-13-14(15)4-2-6-16(13)22-10-12(18)8-20/h1-6,11-12,19-20H,7-10H2. The van der Waals surface area contributed by atoms with E-state index in [4.69, 9.17) is 42.9 Å². The summed E-state index contributed by atoms with van der Waals surface area (Å²) < 4.78 is 11.3. The summed E-state index contributed by atoms with van der Waals surface area (Å²) in [6.07, 6.45) is 0. The highest BCUT2D eigenvalue weighted by Crippen LogP contribution is 2.32. The molecule has 2 aromatic rings. The number of rotatable bonds is 8. The second-order valence-corrected chi connectivity index (χ2v) is 6.02. The lowest BCUT2D eigenvalue weighted by molar-refractivity contribution is 0.238. The first-order valence-electron chi connectivity index (χ1n) is 6.93. The van der Waals surface area contributed by atoms with E-state index in [-0.39, 0.29) is 26.4 Å². The van der Waals surface area contributed by atoms with Gasteiger partial charge in [-0.25, -0.2) is 0 Å². The molecule has 2 unspecified atom stereocenters. The zero-order valence-corrected chi connectivity index (χ0v) is 13.4. The lowest BCUT2D eigenvalue weighted by atomic mass is 10.1. The van der Waals surface area contributed by atoms with Crippen LogP contribution >= 0.6 is 23.2 Å². The molecule has 0 heterocycles. The normalized spacial score (nSPS) is 13.8. The molecule has 0 saturated carbocycles. The van der Waals surface area contributed by atoms with Gasteiger partial charge in [-0.2, -0.15) is 0 Å². The summed E-state index contributed by atoms with van der Waals surface area (Å²) in [6.45, 7) is 0.158. The number of halogens is 2. The molecule has 6 heteroatoms. The molecule has 4 nitrogen and oxygen atoms in total. The number of hydrogen-bond acceptors (Lipinski definition) is 4. The van der Waals surface area contributed by atoms with Gasteiger partial charge in [-0.05, 0) is 12.1 Å². The fraction of sp³-hybridized carbons (Fsp3) is 0.375. The van der Waals surface area contributed by atoms with Gasteiger partial charge < -0.3 is 19.7 Å². The lowest BCUT2D eigenvalue weighted by Gasteiger charge is -2.14. The van der Waals surface area contributed by atoms with Crippen molar-refractivity contribution in [2.24, 2.45) is 0 Å². The van der Waals surface area contributed by atoms with Gasteiger partial charge in [0.05, 0.1) is 24.0 Å². The van der Waals surface area contributed by atoms with Gasteiger partial charge in [-0.3, -0.25) is 0 Å². The highest BCUT2D eigenvalue weighted by Gasteiger charge is 2.10. The molecule has 0 aromatic heterocycles. The van der Waals surface area contributed by atoms with Crippen molar-refractivity contribution in [3.8, 4) is 11.5 Å². The number of benzene rings is 2. The molecule has 0 saturated heterocycles. The van der Waals surface area contributed by atoms with Crippen LogP contribution in [0.5, 0.6) is 11.5 Å². The monoisotopic (exact) mass is 344 g/mol. The minimum Gasteiger partial charge on any atom is -0.491 e. The summed E-state index contributed by atoms with van der Waals surface area (Å²) in [5.41, 5.74) is 0. The Bertz CT molecular complexity index is 552. The molecule has 0 bridgehead atoms. The van der Waals surface area contributed by atoms with Crippen LogP contribution in [0.25, 0.3) is 10.8 Å². The van der Waals surface area contributed by atoms with E-state index in [1.54, 1.807) is 0 Å². The summed E-state index contributed by atoms with van der Waals surface area (Å²) >= 11 is 11.7. The molecule has 0 aliphatic carbocycles. The molecule has 2 rings (SSSR count). The van der Waals surface area contributed by atoms with Crippen molar-refractivity contribution in [3.05, 3.63) is 36.4 Å². The van der Waals surface area contributed by atoms with Crippen LogP contribution in [0, 0.1) is 0 Å².